The molecule has 1 aromatic heterocycles. The number of likely N-dealkylation sites (tertiary alicyclic amines) is 1. The highest BCUT2D eigenvalue weighted by Crippen LogP contribution is 2.33. The Morgan fingerprint density at radius 1 is 1.15 bits per heavy atom. The fourth-order valence-corrected chi connectivity index (χ4v) is 4.10. The number of hydrogen-bond acceptors (Lipinski definition) is 2. The molecule has 20 heavy (non-hydrogen) atoms. The zero-order chi connectivity index (χ0) is 13.8. The van der Waals surface area contributed by atoms with Crippen molar-refractivity contribution in [3.05, 3.63) is 57.8 Å². The van der Waals surface area contributed by atoms with Crippen molar-refractivity contribution in [1.82, 2.24) is 4.90 Å². The van der Waals surface area contributed by atoms with Crippen LogP contribution in [0.1, 0.15) is 47.7 Å². The van der Waals surface area contributed by atoms with Crippen molar-refractivity contribution < 1.29 is 0 Å². The van der Waals surface area contributed by atoms with Gasteiger partial charge in [-0.25, -0.2) is 0 Å². The molecule has 1 atom stereocenters. The van der Waals surface area contributed by atoms with Gasteiger partial charge >= 0.3 is 0 Å². The van der Waals surface area contributed by atoms with Crippen LogP contribution in [-0.2, 0) is 6.54 Å². The Labute approximate surface area is 126 Å². The average molecular weight is 285 g/mol. The van der Waals surface area contributed by atoms with Crippen molar-refractivity contribution in [2.75, 3.05) is 6.54 Å². The summed E-state index contributed by atoms with van der Waals surface area (Å²) < 4.78 is 0. The summed E-state index contributed by atoms with van der Waals surface area (Å²) in [6.45, 7) is 4.50. The van der Waals surface area contributed by atoms with E-state index in [-0.39, 0.29) is 0 Å². The van der Waals surface area contributed by atoms with Crippen molar-refractivity contribution in [2.24, 2.45) is 0 Å². The van der Waals surface area contributed by atoms with E-state index in [1.165, 1.54) is 43.4 Å². The monoisotopic (exact) mass is 285 g/mol. The Balaban J connectivity index is 1.80. The third-order valence-electron chi connectivity index (χ3n) is 4.20. The largest absolute Gasteiger partial charge is 0.291 e. The minimum Gasteiger partial charge on any atom is -0.291 e. The zero-order valence-electron chi connectivity index (χ0n) is 12.2. The van der Waals surface area contributed by atoms with E-state index in [4.69, 9.17) is 0 Å². The summed E-state index contributed by atoms with van der Waals surface area (Å²) >= 11 is 1.91. The van der Waals surface area contributed by atoms with Crippen LogP contribution in [0.4, 0.5) is 0 Å². The lowest BCUT2D eigenvalue weighted by Gasteiger charge is -2.29. The van der Waals surface area contributed by atoms with E-state index in [2.05, 4.69) is 53.6 Å². The maximum absolute atomic E-state index is 2.69. The number of thiophene rings is 1. The molecular formula is C18H23NS. The predicted octanol–water partition coefficient (Wildman–Crippen LogP) is 5.17. The first kappa shape index (κ1) is 13.8. The summed E-state index contributed by atoms with van der Waals surface area (Å²) in [4.78, 5) is 4.23. The molecule has 0 amide bonds. The van der Waals surface area contributed by atoms with E-state index in [1.807, 2.05) is 11.3 Å². The lowest BCUT2D eigenvalue weighted by atomic mass is 10.1. The Bertz CT molecular complexity index is 532. The summed E-state index contributed by atoms with van der Waals surface area (Å²) in [5.41, 5.74) is 2.82. The van der Waals surface area contributed by atoms with Crippen LogP contribution >= 0.6 is 11.3 Å². The minimum atomic E-state index is 0.623. The Hall–Kier alpha value is -1.12. The van der Waals surface area contributed by atoms with E-state index in [0.717, 1.165) is 6.54 Å². The predicted molar refractivity (Wildman–Crippen MR) is 87.1 cm³/mol. The molecule has 0 aliphatic carbocycles. The smallest absolute Gasteiger partial charge is 0.0445 e. The molecule has 1 aliphatic heterocycles. The summed E-state index contributed by atoms with van der Waals surface area (Å²) in [5.74, 6) is 0. The molecule has 1 nitrogen and oxygen atoms in total. The fraction of sp³-hybridized carbons (Fsp3) is 0.444. The molecule has 0 bridgehead atoms. The zero-order valence-corrected chi connectivity index (χ0v) is 13.0. The topological polar surface area (TPSA) is 3.24 Å². The van der Waals surface area contributed by atoms with Gasteiger partial charge in [-0.1, -0.05) is 48.7 Å². The van der Waals surface area contributed by atoms with Gasteiger partial charge in [-0.05, 0) is 43.3 Å². The highest BCUT2D eigenvalue weighted by Gasteiger charge is 2.23. The van der Waals surface area contributed by atoms with Gasteiger partial charge in [0.2, 0.25) is 0 Å². The quantitative estimate of drug-likeness (QED) is 0.751. The maximum atomic E-state index is 2.69. The SMILES string of the molecule is Cc1cccc(CN2CCCCC[C@@H]2c2cccs2)c1. The second-order valence-corrected chi connectivity index (χ2v) is 6.82. The summed E-state index contributed by atoms with van der Waals surface area (Å²) in [5, 5.41) is 2.21. The van der Waals surface area contributed by atoms with E-state index in [0.29, 0.717) is 6.04 Å². The Kier molecular flexibility index (Phi) is 4.54. The minimum absolute atomic E-state index is 0.623. The molecule has 2 heterocycles. The van der Waals surface area contributed by atoms with Gasteiger partial charge in [0.05, 0.1) is 0 Å². The first-order valence-electron chi connectivity index (χ1n) is 7.66. The molecule has 1 aromatic carbocycles. The van der Waals surface area contributed by atoms with Crippen LogP contribution in [0.5, 0.6) is 0 Å². The van der Waals surface area contributed by atoms with Crippen molar-refractivity contribution in [1.29, 1.82) is 0 Å². The first-order valence-corrected chi connectivity index (χ1v) is 8.54. The van der Waals surface area contributed by atoms with Crippen LogP contribution in [0.3, 0.4) is 0 Å². The Morgan fingerprint density at radius 2 is 2.10 bits per heavy atom. The molecule has 106 valence electrons. The first-order chi connectivity index (χ1) is 9.83. The molecule has 2 aromatic rings. The van der Waals surface area contributed by atoms with Crippen molar-refractivity contribution in [2.45, 2.75) is 45.2 Å². The van der Waals surface area contributed by atoms with Gasteiger partial charge in [-0.15, -0.1) is 11.3 Å². The Morgan fingerprint density at radius 3 is 2.90 bits per heavy atom. The highest BCUT2D eigenvalue weighted by atomic mass is 32.1. The molecule has 0 N–H and O–H groups in total. The van der Waals surface area contributed by atoms with Crippen molar-refractivity contribution >= 4 is 11.3 Å². The van der Waals surface area contributed by atoms with Crippen LogP contribution in [0.25, 0.3) is 0 Å². The maximum Gasteiger partial charge on any atom is 0.0445 e. The molecular weight excluding hydrogens is 262 g/mol. The van der Waals surface area contributed by atoms with E-state index in [1.54, 1.807) is 4.88 Å². The highest BCUT2D eigenvalue weighted by molar-refractivity contribution is 7.10. The van der Waals surface area contributed by atoms with Gasteiger partial charge in [0.25, 0.3) is 0 Å². The van der Waals surface area contributed by atoms with Gasteiger partial charge in [0, 0.05) is 17.5 Å². The number of hydrogen-bond donors (Lipinski definition) is 0. The molecule has 0 saturated carbocycles. The molecule has 0 unspecified atom stereocenters. The van der Waals surface area contributed by atoms with Crippen LogP contribution in [-0.4, -0.2) is 11.4 Å². The molecule has 1 fully saturated rings. The molecule has 1 aliphatic rings. The van der Waals surface area contributed by atoms with E-state index < -0.39 is 0 Å². The molecule has 0 radical (unpaired) electrons. The van der Waals surface area contributed by atoms with Crippen LogP contribution in [0, 0.1) is 6.92 Å². The van der Waals surface area contributed by atoms with Crippen molar-refractivity contribution in [3.63, 3.8) is 0 Å². The third kappa shape index (κ3) is 3.31. The van der Waals surface area contributed by atoms with E-state index >= 15 is 0 Å². The number of benzene rings is 1. The average Bonchev–Trinajstić information content (AvgIpc) is 2.87. The number of rotatable bonds is 3. The van der Waals surface area contributed by atoms with Crippen LogP contribution in [0.2, 0.25) is 0 Å². The summed E-state index contributed by atoms with van der Waals surface area (Å²) in [6, 6.07) is 14.1. The fourth-order valence-electron chi connectivity index (χ4n) is 3.21. The second-order valence-electron chi connectivity index (χ2n) is 5.84. The third-order valence-corrected chi connectivity index (χ3v) is 5.18. The molecule has 1 saturated heterocycles. The van der Waals surface area contributed by atoms with Crippen LogP contribution in [0.15, 0.2) is 41.8 Å². The second kappa shape index (κ2) is 6.55. The lowest BCUT2D eigenvalue weighted by Crippen LogP contribution is -2.27. The van der Waals surface area contributed by atoms with Gasteiger partial charge in [0.1, 0.15) is 0 Å². The summed E-state index contributed by atoms with van der Waals surface area (Å²) in [6.07, 6.45) is 5.40. The standard InChI is InChI=1S/C18H23NS/c1-15-7-5-8-16(13-15)14-19-11-4-2-3-9-17(19)18-10-6-12-20-18/h5-8,10,12-13,17H,2-4,9,11,14H2,1H3/t17-/m1/s1. The van der Waals surface area contributed by atoms with E-state index in [9.17, 15) is 0 Å². The summed E-state index contributed by atoms with van der Waals surface area (Å²) in [7, 11) is 0. The van der Waals surface area contributed by atoms with Gasteiger partial charge < -0.3 is 0 Å². The number of nitrogens with zero attached hydrogens (tertiary/aromatic N) is 1. The molecule has 2 heteroatoms. The molecule has 3 rings (SSSR count). The van der Waals surface area contributed by atoms with Gasteiger partial charge in [-0.2, -0.15) is 0 Å². The van der Waals surface area contributed by atoms with Gasteiger partial charge in [-0.3, -0.25) is 4.90 Å². The van der Waals surface area contributed by atoms with Gasteiger partial charge in [0.15, 0.2) is 0 Å². The lowest BCUT2D eigenvalue weighted by molar-refractivity contribution is 0.195. The molecule has 0 spiro atoms. The van der Waals surface area contributed by atoms with Crippen molar-refractivity contribution in [3.8, 4) is 0 Å². The number of aryl methyl sites for hydroxylation is 1. The normalized spacial score (nSPS) is 20.8. The van der Waals surface area contributed by atoms with Crippen LogP contribution < -0.4 is 0 Å².